The Hall–Kier alpha value is -2.62. The van der Waals surface area contributed by atoms with Gasteiger partial charge in [0.05, 0.1) is 12.0 Å². The van der Waals surface area contributed by atoms with Gasteiger partial charge < -0.3 is 10.2 Å². The first-order chi connectivity index (χ1) is 11.1. The lowest BCUT2D eigenvalue weighted by Crippen LogP contribution is -2.37. The molecule has 1 aliphatic rings. The molecule has 0 aliphatic carbocycles. The third kappa shape index (κ3) is 2.97. The van der Waals surface area contributed by atoms with Gasteiger partial charge in [0.2, 0.25) is 11.8 Å². The molecule has 2 aromatic carbocycles. The third-order valence-corrected chi connectivity index (χ3v) is 4.51. The highest BCUT2D eigenvalue weighted by Crippen LogP contribution is 2.34. The topological polar surface area (TPSA) is 49.4 Å². The number of anilines is 1. The van der Waals surface area contributed by atoms with Crippen LogP contribution in [0.15, 0.2) is 54.6 Å². The highest BCUT2D eigenvalue weighted by atomic mass is 16.2. The molecule has 0 radical (unpaired) electrons. The van der Waals surface area contributed by atoms with Crippen molar-refractivity contribution in [1.29, 1.82) is 0 Å². The maximum Gasteiger partial charge on any atom is 0.230 e. The summed E-state index contributed by atoms with van der Waals surface area (Å²) in [5.74, 6) is -0.553. The summed E-state index contributed by atoms with van der Waals surface area (Å²) in [4.78, 5) is 26.6. The lowest BCUT2D eigenvalue weighted by molar-refractivity contribution is -0.135. The number of carbonyl (C=O) groups is 2. The molecule has 1 N–H and O–H groups in total. The van der Waals surface area contributed by atoms with Crippen LogP contribution >= 0.6 is 0 Å². The Labute approximate surface area is 136 Å². The van der Waals surface area contributed by atoms with Gasteiger partial charge in [0, 0.05) is 19.2 Å². The molecule has 4 nitrogen and oxygen atoms in total. The Bertz CT molecular complexity index is 727. The monoisotopic (exact) mass is 308 g/mol. The van der Waals surface area contributed by atoms with Crippen molar-refractivity contribution in [2.75, 3.05) is 12.4 Å². The van der Waals surface area contributed by atoms with Crippen LogP contribution in [0.5, 0.6) is 0 Å². The van der Waals surface area contributed by atoms with Gasteiger partial charge in [-0.25, -0.2) is 0 Å². The lowest BCUT2D eigenvalue weighted by atomic mass is 9.89. The zero-order valence-corrected chi connectivity index (χ0v) is 13.3. The minimum Gasteiger partial charge on any atom is -0.338 e. The summed E-state index contributed by atoms with van der Waals surface area (Å²) in [6, 6.07) is 17.4. The summed E-state index contributed by atoms with van der Waals surface area (Å²) >= 11 is 0. The highest BCUT2D eigenvalue weighted by molar-refractivity contribution is 6.01. The Morgan fingerprint density at radius 2 is 1.78 bits per heavy atom. The molecule has 118 valence electrons. The van der Waals surface area contributed by atoms with E-state index in [2.05, 4.69) is 5.32 Å². The molecule has 0 saturated heterocycles. The number of amides is 2. The van der Waals surface area contributed by atoms with Crippen molar-refractivity contribution in [3.05, 3.63) is 65.7 Å². The first-order valence-corrected chi connectivity index (χ1v) is 7.78. The van der Waals surface area contributed by atoms with Gasteiger partial charge in [-0.1, -0.05) is 48.5 Å². The third-order valence-electron chi connectivity index (χ3n) is 4.51. The van der Waals surface area contributed by atoms with E-state index in [9.17, 15) is 9.59 Å². The number of benzene rings is 2. The van der Waals surface area contributed by atoms with Crippen LogP contribution in [-0.2, 0) is 9.59 Å². The van der Waals surface area contributed by atoms with Crippen LogP contribution < -0.4 is 5.32 Å². The average Bonchev–Trinajstić information content (AvgIpc) is 2.59. The molecule has 2 unspecified atom stereocenters. The van der Waals surface area contributed by atoms with E-state index in [0.717, 1.165) is 16.8 Å². The number of nitrogens with one attached hydrogen (secondary N) is 1. The van der Waals surface area contributed by atoms with Crippen molar-refractivity contribution in [3.8, 4) is 0 Å². The van der Waals surface area contributed by atoms with Gasteiger partial charge in [-0.3, -0.25) is 9.59 Å². The molecule has 0 bridgehead atoms. The number of rotatable bonds is 3. The molecule has 0 saturated carbocycles. The predicted octanol–water partition coefficient (Wildman–Crippen LogP) is 3.33. The second kappa shape index (κ2) is 6.24. The normalized spacial score (nSPS) is 17.8. The SMILES string of the molecule is CC(c1ccccc1)N(C)C(=O)C1CC(=O)Nc2ccccc21. The average molecular weight is 308 g/mol. The summed E-state index contributed by atoms with van der Waals surface area (Å²) in [5.41, 5.74) is 2.71. The van der Waals surface area contributed by atoms with Gasteiger partial charge in [-0.15, -0.1) is 0 Å². The molecular weight excluding hydrogens is 288 g/mol. The quantitative estimate of drug-likeness (QED) is 0.945. The van der Waals surface area contributed by atoms with Gasteiger partial charge in [-0.05, 0) is 24.1 Å². The van der Waals surface area contributed by atoms with Crippen LogP contribution in [0.25, 0.3) is 0 Å². The van der Waals surface area contributed by atoms with Crippen molar-refractivity contribution >= 4 is 17.5 Å². The summed E-state index contributed by atoms with van der Waals surface area (Å²) in [6.45, 7) is 2.00. The maximum atomic E-state index is 13.0. The van der Waals surface area contributed by atoms with E-state index < -0.39 is 5.92 Å². The zero-order valence-electron chi connectivity index (χ0n) is 13.3. The van der Waals surface area contributed by atoms with Crippen LogP contribution in [0, 0.1) is 0 Å². The molecule has 4 heteroatoms. The van der Waals surface area contributed by atoms with E-state index in [-0.39, 0.29) is 24.3 Å². The Balaban J connectivity index is 1.87. The number of hydrogen-bond donors (Lipinski definition) is 1. The van der Waals surface area contributed by atoms with Crippen LogP contribution in [0.4, 0.5) is 5.69 Å². The van der Waals surface area contributed by atoms with Gasteiger partial charge in [0.1, 0.15) is 0 Å². The van der Waals surface area contributed by atoms with Gasteiger partial charge in [0.25, 0.3) is 0 Å². The first-order valence-electron chi connectivity index (χ1n) is 7.78. The molecule has 0 aromatic heterocycles. The summed E-state index contributed by atoms with van der Waals surface area (Å²) < 4.78 is 0. The number of hydrogen-bond acceptors (Lipinski definition) is 2. The van der Waals surface area contributed by atoms with E-state index in [1.165, 1.54) is 0 Å². The Morgan fingerprint density at radius 3 is 2.52 bits per heavy atom. The molecule has 23 heavy (non-hydrogen) atoms. The fourth-order valence-corrected chi connectivity index (χ4v) is 3.02. The fraction of sp³-hybridized carbons (Fsp3) is 0.263. The number of para-hydroxylation sites is 1. The smallest absolute Gasteiger partial charge is 0.230 e. The number of fused-ring (bicyclic) bond motifs is 1. The molecule has 2 atom stereocenters. The van der Waals surface area contributed by atoms with Crippen LogP contribution in [0.2, 0.25) is 0 Å². The first kappa shape index (κ1) is 15.3. The summed E-state index contributed by atoms with van der Waals surface area (Å²) in [7, 11) is 1.80. The molecule has 2 amide bonds. The predicted molar refractivity (Wildman–Crippen MR) is 90.1 cm³/mol. The van der Waals surface area contributed by atoms with Crippen LogP contribution in [0.1, 0.15) is 36.4 Å². The molecular formula is C19H20N2O2. The van der Waals surface area contributed by atoms with E-state index in [0.29, 0.717) is 0 Å². The standard InChI is InChI=1S/C19H20N2O2/c1-13(14-8-4-3-5-9-14)21(2)19(23)16-12-18(22)20-17-11-7-6-10-15(16)17/h3-11,13,16H,12H2,1-2H3,(H,20,22). The largest absolute Gasteiger partial charge is 0.338 e. The van der Waals surface area contributed by atoms with E-state index in [4.69, 9.17) is 0 Å². The second-order valence-electron chi connectivity index (χ2n) is 5.93. The van der Waals surface area contributed by atoms with Crippen LogP contribution in [0.3, 0.4) is 0 Å². The Kier molecular flexibility index (Phi) is 4.15. The van der Waals surface area contributed by atoms with Gasteiger partial charge in [0.15, 0.2) is 0 Å². The van der Waals surface area contributed by atoms with Crippen molar-refractivity contribution in [2.45, 2.75) is 25.3 Å². The highest BCUT2D eigenvalue weighted by Gasteiger charge is 2.33. The molecule has 1 heterocycles. The van der Waals surface area contributed by atoms with E-state index in [1.54, 1.807) is 11.9 Å². The number of likely N-dealkylation sites (N-methyl/N-ethyl adjacent to an activating group) is 1. The maximum absolute atomic E-state index is 13.0. The van der Waals surface area contributed by atoms with Gasteiger partial charge >= 0.3 is 0 Å². The van der Waals surface area contributed by atoms with Crippen molar-refractivity contribution in [1.82, 2.24) is 4.90 Å². The number of carbonyl (C=O) groups excluding carboxylic acids is 2. The van der Waals surface area contributed by atoms with Gasteiger partial charge in [-0.2, -0.15) is 0 Å². The minimum atomic E-state index is -0.420. The summed E-state index contributed by atoms with van der Waals surface area (Å²) in [6.07, 6.45) is 0.196. The van der Waals surface area contributed by atoms with Crippen molar-refractivity contribution < 1.29 is 9.59 Å². The molecule has 0 spiro atoms. The molecule has 1 aliphatic heterocycles. The molecule has 3 rings (SSSR count). The minimum absolute atomic E-state index is 0.0244. The second-order valence-corrected chi connectivity index (χ2v) is 5.93. The Morgan fingerprint density at radius 1 is 1.13 bits per heavy atom. The molecule has 2 aromatic rings. The fourth-order valence-electron chi connectivity index (χ4n) is 3.02. The van der Waals surface area contributed by atoms with Crippen LogP contribution in [-0.4, -0.2) is 23.8 Å². The zero-order chi connectivity index (χ0) is 16.4. The summed E-state index contributed by atoms with van der Waals surface area (Å²) in [5, 5.41) is 2.83. The van der Waals surface area contributed by atoms with E-state index >= 15 is 0 Å². The van der Waals surface area contributed by atoms with E-state index in [1.807, 2.05) is 61.5 Å². The lowest BCUT2D eigenvalue weighted by Gasteiger charge is -2.32. The van der Waals surface area contributed by atoms with Crippen molar-refractivity contribution in [3.63, 3.8) is 0 Å². The molecule has 0 fully saturated rings. The van der Waals surface area contributed by atoms with Crippen molar-refractivity contribution in [2.24, 2.45) is 0 Å². The number of nitrogens with zero attached hydrogens (tertiary/aromatic N) is 1.